The molecule has 1 aliphatic carbocycles. The van der Waals surface area contributed by atoms with Crippen LogP contribution in [-0.2, 0) is 17.7 Å². The van der Waals surface area contributed by atoms with Crippen molar-refractivity contribution < 1.29 is 13.9 Å². The van der Waals surface area contributed by atoms with Gasteiger partial charge in [0.15, 0.2) is 11.5 Å². The smallest absolute Gasteiger partial charge is 0.360 e. The summed E-state index contributed by atoms with van der Waals surface area (Å²) in [6.45, 7) is 0.342. The fourth-order valence-corrected chi connectivity index (χ4v) is 3.60. The normalized spacial score (nSPS) is 15.2. The molecular formula is C17H15BrN4O3S. The summed E-state index contributed by atoms with van der Waals surface area (Å²) in [5.41, 5.74) is 1.86. The molecule has 1 atom stereocenters. The van der Waals surface area contributed by atoms with Crippen LogP contribution in [-0.4, -0.2) is 36.5 Å². The summed E-state index contributed by atoms with van der Waals surface area (Å²) in [5, 5.41) is 8.29. The molecule has 0 radical (unpaired) electrons. The van der Waals surface area contributed by atoms with E-state index in [1.807, 2.05) is 12.1 Å². The van der Waals surface area contributed by atoms with Crippen LogP contribution in [0.5, 0.6) is 0 Å². The number of aromatic nitrogens is 4. The number of benzene rings is 1. The third kappa shape index (κ3) is 3.46. The minimum Gasteiger partial charge on any atom is -0.609 e. The highest BCUT2D eigenvalue weighted by atomic mass is 79.9. The van der Waals surface area contributed by atoms with E-state index in [0.717, 1.165) is 22.9 Å². The summed E-state index contributed by atoms with van der Waals surface area (Å²) < 4.78 is 19.2. The molecule has 0 N–H and O–H groups in total. The van der Waals surface area contributed by atoms with E-state index >= 15 is 0 Å². The highest BCUT2D eigenvalue weighted by Gasteiger charge is 2.33. The maximum Gasteiger partial charge on any atom is 0.360 e. The van der Waals surface area contributed by atoms with Crippen LogP contribution in [0.25, 0.3) is 0 Å². The molecule has 0 bridgehead atoms. The number of nitrogens with zero attached hydrogens (tertiary/aromatic N) is 4. The van der Waals surface area contributed by atoms with Gasteiger partial charge in [-0.1, -0.05) is 21.1 Å². The van der Waals surface area contributed by atoms with Crippen LogP contribution in [0.4, 0.5) is 0 Å². The van der Waals surface area contributed by atoms with Crippen LogP contribution in [0.2, 0.25) is 0 Å². The molecule has 0 aliphatic heterocycles. The van der Waals surface area contributed by atoms with Gasteiger partial charge < -0.3 is 9.08 Å². The molecule has 134 valence electrons. The van der Waals surface area contributed by atoms with Gasteiger partial charge in [-0.05, 0) is 36.6 Å². The predicted molar refractivity (Wildman–Crippen MR) is 97.5 cm³/mol. The fraction of sp³-hybridized carbons (Fsp3) is 0.294. The number of carbonyl (C=O) groups is 1. The highest BCUT2D eigenvalue weighted by molar-refractivity contribution is 9.10. The monoisotopic (exact) mass is 434 g/mol. The van der Waals surface area contributed by atoms with Crippen molar-refractivity contribution in [2.24, 2.45) is 0 Å². The molecule has 0 amide bonds. The summed E-state index contributed by atoms with van der Waals surface area (Å²) in [5.74, 6) is 0.858. The first-order valence-corrected chi connectivity index (χ1v) is 10.4. The zero-order chi connectivity index (χ0) is 18.3. The van der Waals surface area contributed by atoms with E-state index in [1.165, 1.54) is 18.8 Å². The number of hydrogen-bond acceptors (Lipinski definition) is 6. The van der Waals surface area contributed by atoms with Crippen molar-refractivity contribution in [2.75, 3.05) is 6.26 Å². The summed E-state index contributed by atoms with van der Waals surface area (Å²) in [4.78, 5) is 17.1. The lowest BCUT2D eigenvalue weighted by atomic mass is 9.98. The van der Waals surface area contributed by atoms with Crippen molar-refractivity contribution in [3.8, 4) is 0 Å². The van der Waals surface area contributed by atoms with Gasteiger partial charge in [0, 0.05) is 27.1 Å². The van der Waals surface area contributed by atoms with Gasteiger partial charge in [-0.15, -0.1) is 5.10 Å². The van der Waals surface area contributed by atoms with Crippen molar-refractivity contribution in [3.05, 3.63) is 57.6 Å². The van der Waals surface area contributed by atoms with Crippen molar-refractivity contribution in [3.63, 3.8) is 0 Å². The third-order valence-electron chi connectivity index (χ3n) is 4.21. The molecule has 2 heterocycles. The minimum atomic E-state index is -1.25. The summed E-state index contributed by atoms with van der Waals surface area (Å²) >= 11 is 2.20. The molecule has 1 fully saturated rings. The molecule has 0 saturated heterocycles. The van der Waals surface area contributed by atoms with Gasteiger partial charge in [-0.25, -0.2) is 4.68 Å². The van der Waals surface area contributed by atoms with Crippen molar-refractivity contribution in [1.82, 2.24) is 19.9 Å². The molecule has 0 spiro atoms. The molecule has 4 rings (SSSR count). The zero-order valence-electron chi connectivity index (χ0n) is 13.9. The Labute approximate surface area is 161 Å². The predicted octanol–water partition coefficient (Wildman–Crippen LogP) is 2.92. The molecule has 7 nitrogen and oxygen atoms in total. The minimum absolute atomic E-state index is 0.116. The number of carbonyl (C=O) groups excluding carboxylic acids is 1. The van der Waals surface area contributed by atoms with E-state index in [4.69, 9.17) is 4.52 Å². The van der Waals surface area contributed by atoms with E-state index in [1.54, 1.807) is 10.7 Å². The molecule has 1 aromatic carbocycles. The van der Waals surface area contributed by atoms with Crippen LogP contribution >= 0.6 is 15.9 Å². The Hall–Kier alpha value is -1.97. The van der Waals surface area contributed by atoms with E-state index in [-0.39, 0.29) is 10.9 Å². The molecular weight excluding hydrogens is 420 g/mol. The topological polar surface area (TPSA) is 96.9 Å². The second kappa shape index (κ2) is 6.98. The van der Waals surface area contributed by atoms with Gasteiger partial charge in [0.05, 0.1) is 18.3 Å². The average molecular weight is 435 g/mol. The second-order valence-corrected chi connectivity index (χ2v) is 8.38. The van der Waals surface area contributed by atoms with Gasteiger partial charge in [0.25, 0.3) is 0 Å². The largest absolute Gasteiger partial charge is 0.609 e. The molecule has 2 aromatic heterocycles. The van der Waals surface area contributed by atoms with Crippen LogP contribution in [0, 0.1) is 0 Å². The van der Waals surface area contributed by atoms with Crippen molar-refractivity contribution in [1.29, 1.82) is 0 Å². The molecule has 1 aliphatic rings. The van der Waals surface area contributed by atoms with E-state index < -0.39 is 11.2 Å². The standard InChI is InChI=1S/C17H15BrN4O3S/c1-26(24)17-19-9-22(21-17)8-11-6-12(18)4-5-13(11)15(23)14-7-20-25-16(14)10-2-3-10/h4-7,9-10H,2-3,8H2,1H3. The maximum absolute atomic E-state index is 13.1. The summed E-state index contributed by atoms with van der Waals surface area (Å²) in [6.07, 6.45) is 6.59. The Bertz CT molecular complexity index is 965. The summed E-state index contributed by atoms with van der Waals surface area (Å²) in [6, 6.07) is 5.48. The number of halogens is 1. The van der Waals surface area contributed by atoms with Gasteiger partial charge in [0.2, 0.25) is 0 Å². The van der Waals surface area contributed by atoms with Gasteiger partial charge in [-0.3, -0.25) is 4.79 Å². The van der Waals surface area contributed by atoms with Gasteiger partial charge in [0.1, 0.15) is 12.6 Å². The van der Waals surface area contributed by atoms with Crippen LogP contribution < -0.4 is 0 Å². The Morgan fingerprint density at radius 2 is 2.23 bits per heavy atom. The number of rotatable bonds is 6. The second-order valence-electron chi connectivity index (χ2n) is 6.19. The number of ketones is 1. The average Bonchev–Trinajstić information content (AvgIpc) is 3.14. The first kappa shape index (κ1) is 17.4. The zero-order valence-corrected chi connectivity index (χ0v) is 16.3. The lowest BCUT2D eigenvalue weighted by Crippen LogP contribution is -2.11. The quantitative estimate of drug-likeness (QED) is 0.436. The van der Waals surface area contributed by atoms with Crippen LogP contribution in [0.15, 0.2) is 44.9 Å². The molecule has 1 saturated carbocycles. The van der Waals surface area contributed by atoms with E-state index in [2.05, 4.69) is 31.2 Å². The molecule has 9 heteroatoms. The van der Waals surface area contributed by atoms with Crippen molar-refractivity contribution >= 4 is 32.9 Å². The third-order valence-corrected chi connectivity index (χ3v) is 5.40. The van der Waals surface area contributed by atoms with Crippen molar-refractivity contribution in [2.45, 2.75) is 30.5 Å². The van der Waals surface area contributed by atoms with Gasteiger partial charge in [-0.2, -0.15) is 4.98 Å². The van der Waals surface area contributed by atoms with Crippen LogP contribution in [0.3, 0.4) is 0 Å². The molecule has 1 unspecified atom stereocenters. The fourth-order valence-electron chi connectivity index (χ4n) is 2.78. The Balaban J connectivity index is 1.67. The highest BCUT2D eigenvalue weighted by Crippen LogP contribution is 2.42. The molecule has 3 aromatic rings. The first-order chi connectivity index (χ1) is 12.5. The van der Waals surface area contributed by atoms with Gasteiger partial charge >= 0.3 is 5.16 Å². The Morgan fingerprint density at radius 1 is 1.42 bits per heavy atom. The lowest BCUT2D eigenvalue weighted by Gasteiger charge is -2.09. The molecule has 26 heavy (non-hydrogen) atoms. The SMILES string of the molecule is C[S+]([O-])c1ncn(Cc2cc(Br)ccc2C(=O)c2cnoc2C2CC2)n1. The number of hydrogen-bond donors (Lipinski definition) is 0. The Morgan fingerprint density at radius 3 is 2.92 bits per heavy atom. The Kier molecular flexibility index (Phi) is 4.68. The first-order valence-electron chi connectivity index (χ1n) is 8.03. The van der Waals surface area contributed by atoms with Crippen LogP contribution in [0.1, 0.15) is 46.0 Å². The lowest BCUT2D eigenvalue weighted by molar-refractivity contribution is 0.103. The van der Waals surface area contributed by atoms with E-state index in [9.17, 15) is 9.35 Å². The van der Waals surface area contributed by atoms with E-state index in [0.29, 0.717) is 29.3 Å². The summed E-state index contributed by atoms with van der Waals surface area (Å²) in [7, 11) is 0. The maximum atomic E-state index is 13.1.